The topological polar surface area (TPSA) is 48.4 Å². The highest BCUT2D eigenvalue weighted by Gasteiger charge is 2.21. The molecule has 6 nitrogen and oxygen atoms in total. The van der Waals surface area contributed by atoms with Crippen molar-refractivity contribution in [2.45, 2.75) is 19.8 Å². The number of aromatic nitrogens is 3. The number of nitrogens with zero attached hydrogens (tertiary/aromatic N) is 6. The largest absolute Gasteiger partial charge is 0.353 e. The summed E-state index contributed by atoms with van der Waals surface area (Å²) >= 11 is 0. The molecule has 0 radical (unpaired) electrons. The van der Waals surface area contributed by atoms with Gasteiger partial charge < -0.3 is 14.7 Å². The Kier molecular flexibility index (Phi) is 4.00. The van der Waals surface area contributed by atoms with Crippen molar-refractivity contribution >= 4 is 11.8 Å². The molecule has 0 spiro atoms. The van der Waals surface area contributed by atoms with Gasteiger partial charge in [-0.25, -0.2) is 0 Å². The summed E-state index contributed by atoms with van der Waals surface area (Å²) in [7, 11) is 2.16. The smallest absolute Gasteiger partial charge is 0.247 e. The van der Waals surface area contributed by atoms with Crippen molar-refractivity contribution in [3.05, 3.63) is 6.20 Å². The van der Waals surface area contributed by atoms with Crippen LogP contribution in [0.3, 0.4) is 0 Å². The molecule has 0 atom stereocenters. The molecular weight excluding hydrogens is 252 g/mol. The van der Waals surface area contributed by atoms with Gasteiger partial charge in [-0.15, -0.1) is 5.10 Å². The summed E-state index contributed by atoms with van der Waals surface area (Å²) in [5.41, 5.74) is 0. The summed E-state index contributed by atoms with van der Waals surface area (Å²) < 4.78 is 0. The second-order valence-corrected chi connectivity index (χ2v) is 6.07. The first-order valence-corrected chi connectivity index (χ1v) is 7.60. The number of likely N-dealkylation sites (N-methyl/N-ethyl adjacent to an activating group) is 1. The van der Waals surface area contributed by atoms with Crippen LogP contribution in [0.4, 0.5) is 11.8 Å². The lowest BCUT2D eigenvalue weighted by Gasteiger charge is -2.34. The molecule has 2 saturated heterocycles. The molecule has 0 amide bonds. The highest BCUT2D eigenvalue weighted by atomic mass is 15.4. The van der Waals surface area contributed by atoms with Crippen LogP contribution in [-0.2, 0) is 0 Å². The molecule has 2 aliphatic rings. The first kappa shape index (κ1) is 13.5. The highest BCUT2D eigenvalue weighted by molar-refractivity contribution is 5.42. The Morgan fingerprint density at radius 1 is 1.00 bits per heavy atom. The second kappa shape index (κ2) is 5.91. The van der Waals surface area contributed by atoms with E-state index in [-0.39, 0.29) is 0 Å². The van der Waals surface area contributed by atoms with Crippen LogP contribution in [0.5, 0.6) is 0 Å². The van der Waals surface area contributed by atoms with E-state index in [2.05, 4.69) is 38.9 Å². The Bertz CT molecular complexity index is 398. The summed E-state index contributed by atoms with van der Waals surface area (Å²) in [4.78, 5) is 11.7. The lowest BCUT2D eigenvalue weighted by molar-refractivity contribution is 0.312. The minimum Gasteiger partial charge on any atom is -0.353 e. The molecular formula is C14H24N6. The molecule has 1 aromatic rings. The van der Waals surface area contributed by atoms with Gasteiger partial charge in [-0.3, -0.25) is 0 Å². The number of piperazine rings is 1. The van der Waals surface area contributed by atoms with E-state index in [0.717, 1.165) is 57.0 Å². The fraction of sp³-hybridized carbons (Fsp3) is 0.786. The van der Waals surface area contributed by atoms with E-state index in [4.69, 9.17) is 4.98 Å². The number of piperidine rings is 1. The van der Waals surface area contributed by atoms with Crippen molar-refractivity contribution in [3.63, 3.8) is 0 Å². The zero-order valence-corrected chi connectivity index (χ0v) is 12.5. The number of rotatable bonds is 2. The van der Waals surface area contributed by atoms with E-state index in [0.29, 0.717) is 0 Å². The molecule has 0 unspecified atom stereocenters. The van der Waals surface area contributed by atoms with E-state index in [1.165, 1.54) is 12.8 Å². The van der Waals surface area contributed by atoms with Gasteiger partial charge in [0.1, 0.15) is 0 Å². The lowest BCUT2D eigenvalue weighted by Crippen LogP contribution is -2.45. The average molecular weight is 276 g/mol. The van der Waals surface area contributed by atoms with Gasteiger partial charge >= 0.3 is 0 Å². The molecule has 0 aromatic carbocycles. The summed E-state index contributed by atoms with van der Waals surface area (Å²) in [6.45, 7) is 8.62. The van der Waals surface area contributed by atoms with Gasteiger partial charge in [0.15, 0.2) is 5.82 Å². The van der Waals surface area contributed by atoms with Crippen molar-refractivity contribution in [3.8, 4) is 0 Å². The number of hydrogen-bond acceptors (Lipinski definition) is 6. The standard InChI is InChI=1S/C14H24N6/c1-12-3-5-20(6-4-12)14-16-13(11-15-17-14)19-9-7-18(2)8-10-19/h11-12H,3-10H2,1-2H3. The first-order valence-electron chi connectivity index (χ1n) is 7.60. The molecule has 2 aliphatic heterocycles. The van der Waals surface area contributed by atoms with Gasteiger partial charge in [0.2, 0.25) is 5.95 Å². The zero-order chi connectivity index (χ0) is 13.9. The van der Waals surface area contributed by atoms with Crippen LogP contribution in [0.2, 0.25) is 0 Å². The van der Waals surface area contributed by atoms with Crippen molar-refractivity contribution in [1.29, 1.82) is 0 Å². The highest BCUT2D eigenvalue weighted by Crippen LogP contribution is 2.21. The Morgan fingerprint density at radius 2 is 1.70 bits per heavy atom. The molecule has 1 aromatic heterocycles. The van der Waals surface area contributed by atoms with Crippen molar-refractivity contribution in [2.75, 3.05) is 56.1 Å². The Hall–Kier alpha value is -1.43. The van der Waals surface area contributed by atoms with Gasteiger partial charge in [-0.2, -0.15) is 10.1 Å². The number of hydrogen-bond donors (Lipinski definition) is 0. The van der Waals surface area contributed by atoms with Crippen molar-refractivity contribution < 1.29 is 0 Å². The Morgan fingerprint density at radius 3 is 2.40 bits per heavy atom. The molecule has 110 valence electrons. The molecule has 3 heterocycles. The fourth-order valence-corrected chi connectivity index (χ4v) is 2.82. The maximum Gasteiger partial charge on any atom is 0.247 e. The van der Waals surface area contributed by atoms with Crippen molar-refractivity contribution in [1.82, 2.24) is 20.1 Å². The van der Waals surface area contributed by atoms with E-state index in [9.17, 15) is 0 Å². The average Bonchev–Trinajstić information content (AvgIpc) is 2.49. The van der Waals surface area contributed by atoms with Crippen LogP contribution < -0.4 is 9.80 Å². The van der Waals surface area contributed by atoms with Crippen molar-refractivity contribution in [2.24, 2.45) is 5.92 Å². The third kappa shape index (κ3) is 3.00. The van der Waals surface area contributed by atoms with Crippen LogP contribution >= 0.6 is 0 Å². The van der Waals surface area contributed by atoms with Crippen LogP contribution in [0.1, 0.15) is 19.8 Å². The van der Waals surface area contributed by atoms with Crippen LogP contribution in [-0.4, -0.2) is 66.4 Å². The summed E-state index contributed by atoms with van der Waals surface area (Å²) in [5.74, 6) is 2.59. The van der Waals surface area contributed by atoms with Crippen LogP contribution in [0.15, 0.2) is 6.20 Å². The number of anilines is 2. The molecule has 0 N–H and O–H groups in total. The molecule has 6 heteroatoms. The van der Waals surface area contributed by atoms with E-state index >= 15 is 0 Å². The van der Waals surface area contributed by atoms with Gasteiger partial charge in [0, 0.05) is 39.3 Å². The predicted molar refractivity (Wildman–Crippen MR) is 80.1 cm³/mol. The third-order valence-corrected chi connectivity index (χ3v) is 4.43. The maximum absolute atomic E-state index is 4.73. The molecule has 0 bridgehead atoms. The van der Waals surface area contributed by atoms with E-state index < -0.39 is 0 Å². The minimum absolute atomic E-state index is 0.799. The lowest BCUT2D eigenvalue weighted by atomic mass is 10.00. The summed E-state index contributed by atoms with van der Waals surface area (Å²) in [5, 5.41) is 8.39. The first-order chi connectivity index (χ1) is 9.72. The van der Waals surface area contributed by atoms with Crippen LogP contribution in [0.25, 0.3) is 0 Å². The minimum atomic E-state index is 0.799. The van der Waals surface area contributed by atoms with E-state index in [1.807, 2.05) is 0 Å². The van der Waals surface area contributed by atoms with Gasteiger partial charge in [0.25, 0.3) is 0 Å². The normalized spacial score (nSPS) is 22.3. The maximum atomic E-state index is 4.73. The predicted octanol–water partition coefficient (Wildman–Crippen LogP) is 0.860. The second-order valence-electron chi connectivity index (χ2n) is 6.07. The molecule has 3 rings (SSSR count). The Labute approximate surface area is 120 Å². The quantitative estimate of drug-likeness (QED) is 0.798. The summed E-state index contributed by atoms with van der Waals surface area (Å²) in [6.07, 6.45) is 4.24. The van der Waals surface area contributed by atoms with Gasteiger partial charge in [-0.05, 0) is 25.8 Å². The molecule has 20 heavy (non-hydrogen) atoms. The van der Waals surface area contributed by atoms with Gasteiger partial charge in [0.05, 0.1) is 6.20 Å². The monoisotopic (exact) mass is 276 g/mol. The molecule has 0 saturated carbocycles. The SMILES string of the molecule is CC1CCN(c2nncc(N3CCN(C)CC3)n2)CC1. The fourth-order valence-electron chi connectivity index (χ4n) is 2.82. The Balaban J connectivity index is 1.69. The third-order valence-electron chi connectivity index (χ3n) is 4.43. The van der Waals surface area contributed by atoms with Crippen LogP contribution in [0, 0.1) is 5.92 Å². The zero-order valence-electron chi connectivity index (χ0n) is 12.5. The molecule has 0 aliphatic carbocycles. The van der Waals surface area contributed by atoms with Gasteiger partial charge in [-0.1, -0.05) is 6.92 Å². The molecule has 2 fully saturated rings. The van der Waals surface area contributed by atoms with E-state index in [1.54, 1.807) is 6.20 Å². The summed E-state index contributed by atoms with van der Waals surface area (Å²) in [6, 6.07) is 0.